The van der Waals surface area contributed by atoms with Gasteiger partial charge >= 0.3 is 5.97 Å². The van der Waals surface area contributed by atoms with Crippen molar-refractivity contribution in [3.63, 3.8) is 0 Å². The summed E-state index contributed by atoms with van der Waals surface area (Å²) in [5.41, 5.74) is 0. The molecule has 3 fully saturated rings. The molecule has 0 aliphatic carbocycles. The molecule has 2 bridgehead atoms. The van der Waals surface area contributed by atoms with Crippen LogP contribution in [0, 0.1) is 5.92 Å². The van der Waals surface area contributed by atoms with Crippen LogP contribution in [0.1, 0.15) is 6.42 Å². The average Bonchev–Trinajstić information content (AvgIpc) is 2.72. The predicted octanol–water partition coefficient (Wildman–Crippen LogP) is 0.281. The number of rotatable bonds is 2. The van der Waals surface area contributed by atoms with E-state index in [0.717, 1.165) is 6.42 Å². The van der Waals surface area contributed by atoms with Gasteiger partial charge in [-0.3, -0.25) is 4.79 Å². The van der Waals surface area contributed by atoms with E-state index >= 15 is 0 Å². The molecule has 4 nitrogen and oxygen atoms in total. The van der Waals surface area contributed by atoms with Crippen molar-refractivity contribution in [3.05, 3.63) is 0 Å². The number of hydrogen-bond donors (Lipinski definition) is 0. The van der Waals surface area contributed by atoms with Gasteiger partial charge in [-0.05, 0) is 6.42 Å². The summed E-state index contributed by atoms with van der Waals surface area (Å²) in [4.78, 5) is 11.4. The molecule has 0 aromatic heterocycles. The van der Waals surface area contributed by atoms with Gasteiger partial charge in [0, 0.05) is 0 Å². The average molecular weight is 205 g/mol. The number of esters is 1. The Morgan fingerprint density at radius 1 is 1.38 bits per heavy atom. The lowest BCUT2D eigenvalue weighted by Gasteiger charge is -2.13. The van der Waals surface area contributed by atoms with Crippen molar-refractivity contribution < 1.29 is 19.0 Å². The van der Waals surface area contributed by atoms with Gasteiger partial charge in [0.05, 0.1) is 12.0 Å². The summed E-state index contributed by atoms with van der Waals surface area (Å²) in [6, 6.07) is -0.0817. The lowest BCUT2D eigenvalue weighted by atomic mass is 9.89. The van der Waals surface area contributed by atoms with Crippen LogP contribution < -0.4 is 0 Å². The van der Waals surface area contributed by atoms with Crippen LogP contribution in [0.4, 0.5) is 0 Å². The van der Waals surface area contributed by atoms with Crippen molar-refractivity contribution in [3.8, 4) is 0 Å². The monoisotopic (exact) mass is 204 g/mol. The van der Waals surface area contributed by atoms with Gasteiger partial charge in [-0.1, -0.05) is 11.6 Å². The third kappa shape index (κ3) is 1.02. The third-order valence-electron chi connectivity index (χ3n) is 2.97. The zero-order chi connectivity index (χ0) is 9.00. The number of epoxide rings is 1. The number of alkyl halides is 1. The van der Waals surface area contributed by atoms with Gasteiger partial charge in [0.2, 0.25) is 0 Å². The molecule has 0 aromatic carbocycles. The van der Waals surface area contributed by atoms with Crippen molar-refractivity contribution in [2.45, 2.75) is 30.8 Å². The highest BCUT2D eigenvalue weighted by Gasteiger charge is 2.66. The molecule has 5 atom stereocenters. The highest BCUT2D eigenvalue weighted by atomic mass is 35.5. The fraction of sp³-hybridized carbons (Fsp3) is 0.875. The Morgan fingerprint density at radius 3 is 2.85 bits per heavy atom. The Labute approximate surface area is 80.1 Å². The minimum atomic E-state index is -0.253. The first-order valence-corrected chi connectivity index (χ1v) is 4.88. The van der Waals surface area contributed by atoms with Gasteiger partial charge < -0.3 is 14.2 Å². The number of fused-ring (bicyclic) bond motifs is 5. The molecule has 13 heavy (non-hydrogen) atoms. The maximum absolute atomic E-state index is 11.4. The molecule has 0 spiro atoms. The van der Waals surface area contributed by atoms with E-state index < -0.39 is 0 Å². The molecule has 3 saturated heterocycles. The Hall–Kier alpha value is -0.320. The molecule has 3 aliphatic rings. The lowest BCUT2D eigenvalue weighted by Crippen LogP contribution is -2.31. The number of carbonyl (C=O) groups excluding carboxylic acids is 1. The molecule has 0 saturated carbocycles. The van der Waals surface area contributed by atoms with E-state index in [1.807, 2.05) is 0 Å². The fourth-order valence-corrected chi connectivity index (χ4v) is 2.45. The molecule has 0 N–H and O–H groups in total. The van der Waals surface area contributed by atoms with E-state index in [1.54, 1.807) is 0 Å². The first kappa shape index (κ1) is 8.03. The second-order valence-corrected chi connectivity index (χ2v) is 3.84. The van der Waals surface area contributed by atoms with Crippen molar-refractivity contribution in [2.24, 2.45) is 5.92 Å². The van der Waals surface area contributed by atoms with Crippen molar-refractivity contribution in [1.29, 1.82) is 0 Å². The van der Waals surface area contributed by atoms with Crippen LogP contribution in [0.15, 0.2) is 0 Å². The molecule has 0 amide bonds. The van der Waals surface area contributed by atoms with E-state index in [4.69, 9.17) is 25.8 Å². The molecule has 0 aromatic rings. The molecule has 0 unspecified atom stereocenters. The van der Waals surface area contributed by atoms with Gasteiger partial charge in [-0.15, -0.1) is 0 Å². The van der Waals surface area contributed by atoms with Gasteiger partial charge in [0.1, 0.15) is 18.3 Å². The first-order valence-electron chi connectivity index (χ1n) is 4.35. The standard InChI is InChI=1S/C8H9ClO4/c9-2-11-8(10)3-1-4-6-7(13-6)5(3)12-4/h3-7H,1-2H2/t3-,4-,5+,6+,7-/m0/s1. The van der Waals surface area contributed by atoms with E-state index in [2.05, 4.69) is 0 Å². The Balaban J connectivity index is 1.70. The van der Waals surface area contributed by atoms with Crippen LogP contribution in [0.25, 0.3) is 0 Å². The van der Waals surface area contributed by atoms with Crippen LogP contribution in [0.3, 0.4) is 0 Å². The van der Waals surface area contributed by atoms with Crippen LogP contribution in [0.2, 0.25) is 0 Å². The van der Waals surface area contributed by atoms with Crippen LogP contribution >= 0.6 is 11.6 Å². The largest absolute Gasteiger partial charge is 0.449 e. The van der Waals surface area contributed by atoms with Crippen LogP contribution in [-0.4, -0.2) is 36.5 Å². The lowest BCUT2D eigenvalue weighted by molar-refractivity contribution is -0.148. The van der Waals surface area contributed by atoms with Crippen LogP contribution in [0.5, 0.6) is 0 Å². The smallest absolute Gasteiger partial charge is 0.312 e. The fourth-order valence-electron chi connectivity index (χ4n) is 2.35. The first-order chi connectivity index (χ1) is 6.31. The molecule has 0 radical (unpaired) electrons. The topological polar surface area (TPSA) is 48.1 Å². The molecule has 3 aliphatic heterocycles. The second-order valence-electron chi connectivity index (χ2n) is 3.62. The molecule has 3 rings (SSSR count). The maximum atomic E-state index is 11.4. The van der Waals surface area contributed by atoms with Crippen molar-refractivity contribution in [1.82, 2.24) is 0 Å². The van der Waals surface area contributed by atoms with E-state index in [9.17, 15) is 4.79 Å². The number of hydrogen-bond acceptors (Lipinski definition) is 4. The molecule has 72 valence electrons. The number of halogens is 1. The zero-order valence-corrected chi connectivity index (χ0v) is 7.57. The van der Waals surface area contributed by atoms with Gasteiger partial charge in [-0.2, -0.15) is 0 Å². The van der Waals surface area contributed by atoms with E-state index in [0.29, 0.717) is 0 Å². The summed E-state index contributed by atoms with van der Waals surface area (Å²) in [6.07, 6.45) is 1.16. The summed E-state index contributed by atoms with van der Waals surface area (Å²) in [6.45, 7) is 0. The SMILES string of the molecule is O=C(OCCl)[C@H]1C[C@@H]2O[C@H]1[C@@H]1O[C@@H]12. The summed E-state index contributed by atoms with van der Waals surface area (Å²) < 4.78 is 15.6. The van der Waals surface area contributed by atoms with Gasteiger partial charge in [0.25, 0.3) is 0 Å². The minimum Gasteiger partial charge on any atom is -0.449 e. The molecular weight excluding hydrogens is 196 g/mol. The van der Waals surface area contributed by atoms with Gasteiger partial charge in [0.15, 0.2) is 6.07 Å². The third-order valence-corrected chi connectivity index (χ3v) is 3.08. The summed E-state index contributed by atoms with van der Waals surface area (Å²) >= 11 is 5.31. The highest BCUT2D eigenvalue weighted by molar-refractivity contribution is 6.17. The van der Waals surface area contributed by atoms with Crippen molar-refractivity contribution >= 4 is 17.6 Å². The Kier molecular flexibility index (Phi) is 1.60. The Bertz CT molecular complexity index is 257. The highest BCUT2D eigenvalue weighted by Crippen LogP contribution is 2.51. The zero-order valence-electron chi connectivity index (χ0n) is 6.81. The predicted molar refractivity (Wildman–Crippen MR) is 42.2 cm³/mol. The van der Waals surface area contributed by atoms with Gasteiger partial charge in [-0.25, -0.2) is 0 Å². The van der Waals surface area contributed by atoms with E-state index in [1.165, 1.54) is 0 Å². The molecule has 5 heteroatoms. The second kappa shape index (κ2) is 2.59. The summed E-state index contributed by atoms with van der Waals surface area (Å²) in [5.74, 6) is -0.413. The molecular formula is C8H9ClO4. The van der Waals surface area contributed by atoms with Crippen molar-refractivity contribution in [2.75, 3.05) is 6.07 Å². The quantitative estimate of drug-likeness (QED) is 0.368. The molecule has 3 heterocycles. The minimum absolute atomic E-state index is 0.0780. The normalized spacial score (nSPS) is 50.4. The van der Waals surface area contributed by atoms with Crippen LogP contribution in [-0.2, 0) is 19.0 Å². The Morgan fingerprint density at radius 2 is 2.23 bits per heavy atom. The summed E-state index contributed by atoms with van der Waals surface area (Å²) in [7, 11) is 0. The number of ether oxygens (including phenoxy) is 3. The number of carbonyl (C=O) groups is 1. The van der Waals surface area contributed by atoms with E-state index in [-0.39, 0.29) is 42.4 Å². The maximum Gasteiger partial charge on any atom is 0.312 e. The summed E-state index contributed by atoms with van der Waals surface area (Å²) in [5, 5.41) is 0.